The van der Waals surface area contributed by atoms with Gasteiger partial charge in [0, 0.05) is 56.6 Å². The monoisotopic (exact) mass is 480 g/mol. The van der Waals surface area contributed by atoms with Crippen LogP contribution in [-0.2, 0) is 20.7 Å². The first-order chi connectivity index (χ1) is 16.8. The van der Waals surface area contributed by atoms with Gasteiger partial charge >= 0.3 is 12.1 Å². The van der Waals surface area contributed by atoms with E-state index < -0.39 is 6.09 Å². The highest BCUT2D eigenvalue weighted by Crippen LogP contribution is 2.26. The first-order valence-electron chi connectivity index (χ1n) is 12.2. The Hall–Kier alpha value is -3.26. The van der Waals surface area contributed by atoms with Crippen molar-refractivity contribution < 1.29 is 19.1 Å². The summed E-state index contributed by atoms with van der Waals surface area (Å²) in [5.74, 6) is -0.470. The molecule has 2 aromatic rings. The van der Waals surface area contributed by atoms with Gasteiger partial charge in [-0.05, 0) is 64.2 Å². The Morgan fingerprint density at radius 1 is 1.14 bits per heavy atom. The summed E-state index contributed by atoms with van der Waals surface area (Å²) < 4.78 is 12.2. The smallest absolute Gasteiger partial charge is 0.421 e. The molecule has 35 heavy (non-hydrogen) atoms. The lowest BCUT2D eigenvalue weighted by Crippen LogP contribution is -2.37. The van der Waals surface area contributed by atoms with E-state index in [2.05, 4.69) is 34.3 Å². The molecule has 4 rings (SSSR count). The van der Waals surface area contributed by atoms with Crippen LogP contribution in [0.5, 0.6) is 0 Å². The van der Waals surface area contributed by atoms with Crippen LogP contribution in [0.1, 0.15) is 30.4 Å². The molecule has 0 saturated carbocycles. The van der Waals surface area contributed by atoms with E-state index in [4.69, 9.17) is 9.47 Å². The zero-order chi connectivity index (χ0) is 24.9. The predicted octanol–water partition coefficient (Wildman–Crippen LogP) is 3.94. The van der Waals surface area contributed by atoms with Gasteiger partial charge in [0.05, 0.1) is 11.4 Å². The summed E-state index contributed by atoms with van der Waals surface area (Å²) in [5.41, 5.74) is 4.30. The summed E-state index contributed by atoms with van der Waals surface area (Å²) >= 11 is 0. The molecule has 3 heterocycles. The maximum absolute atomic E-state index is 12.8. The van der Waals surface area contributed by atoms with Crippen LogP contribution in [0.15, 0.2) is 48.6 Å². The van der Waals surface area contributed by atoms with E-state index >= 15 is 0 Å². The number of rotatable bonds is 7. The Kier molecular flexibility index (Phi) is 7.80. The standard InChI is InChI=1S/C27H36N4O4/c1-20-7-8-25-24(16-20)22(9-13-28(2)3)17-31(25)27(33)35-19-34-26(32)21-10-14-30(15-11-21)23-6-5-12-29(4)18-23/h5,7-8,12,16-18,21H,6,9-11,13-15,19H2,1-4H3. The van der Waals surface area contributed by atoms with Gasteiger partial charge in [0.2, 0.25) is 6.79 Å². The lowest BCUT2D eigenvalue weighted by Gasteiger charge is -2.35. The number of allylic oxidation sites excluding steroid dienone is 1. The summed E-state index contributed by atoms with van der Waals surface area (Å²) in [5, 5.41) is 1.04. The van der Waals surface area contributed by atoms with Crippen LogP contribution >= 0.6 is 0 Å². The Morgan fingerprint density at radius 2 is 1.91 bits per heavy atom. The molecular formula is C27H36N4O4. The molecule has 2 aliphatic heterocycles. The lowest BCUT2D eigenvalue weighted by molar-refractivity contribution is -0.158. The number of likely N-dealkylation sites (N-methyl/N-ethyl adjacent to an activating group) is 1. The van der Waals surface area contributed by atoms with Crippen LogP contribution in [0.4, 0.5) is 4.79 Å². The van der Waals surface area contributed by atoms with Crippen molar-refractivity contribution in [3.8, 4) is 0 Å². The molecule has 0 N–H and O–H groups in total. The maximum Gasteiger partial charge on any atom is 0.421 e. The highest BCUT2D eigenvalue weighted by molar-refractivity contribution is 5.92. The minimum absolute atomic E-state index is 0.171. The number of esters is 1. The topological polar surface area (TPSA) is 67.2 Å². The molecule has 0 unspecified atom stereocenters. The number of hydrogen-bond donors (Lipinski definition) is 0. The van der Waals surface area contributed by atoms with E-state index in [1.54, 1.807) is 0 Å². The average molecular weight is 481 g/mol. The second-order valence-electron chi connectivity index (χ2n) is 9.73. The Balaban J connectivity index is 1.29. The first kappa shape index (κ1) is 24.9. The lowest BCUT2D eigenvalue weighted by atomic mass is 9.96. The molecule has 8 heteroatoms. The van der Waals surface area contributed by atoms with Crippen LogP contribution in [0, 0.1) is 12.8 Å². The van der Waals surface area contributed by atoms with Crippen LogP contribution in [0.25, 0.3) is 10.9 Å². The SMILES string of the molecule is Cc1ccc2c(c1)c(CCN(C)C)cn2C(=O)OCOC(=O)C1CCN(C2=CN(C)C=CC2)CC1. The van der Waals surface area contributed by atoms with Crippen molar-refractivity contribution in [1.29, 1.82) is 0 Å². The van der Waals surface area contributed by atoms with Crippen LogP contribution in [0.2, 0.25) is 0 Å². The number of likely N-dealkylation sites (tertiary alicyclic amines) is 1. The molecule has 0 aliphatic carbocycles. The minimum Gasteiger partial charge on any atom is -0.428 e. The molecule has 1 aromatic heterocycles. The molecule has 1 fully saturated rings. The van der Waals surface area contributed by atoms with Crippen LogP contribution in [0.3, 0.4) is 0 Å². The molecule has 1 aromatic carbocycles. The van der Waals surface area contributed by atoms with Crippen molar-refractivity contribution in [3.63, 3.8) is 0 Å². The van der Waals surface area contributed by atoms with Crippen molar-refractivity contribution in [2.45, 2.75) is 32.6 Å². The van der Waals surface area contributed by atoms with Crippen molar-refractivity contribution in [2.24, 2.45) is 5.92 Å². The zero-order valence-electron chi connectivity index (χ0n) is 21.2. The second kappa shape index (κ2) is 11.0. The van der Waals surface area contributed by atoms with Gasteiger partial charge < -0.3 is 24.2 Å². The number of carbonyl (C=O) groups is 2. The average Bonchev–Trinajstić information content (AvgIpc) is 3.20. The Labute approximate surface area is 207 Å². The van der Waals surface area contributed by atoms with Gasteiger partial charge in [-0.3, -0.25) is 9.36 Å². The maximum atomic E-state index is 12.8. The van der Waals surface area contributed by atoms with E-state index in [0.717, 1.165) is 67.3 Å². The third kappa shape index (κ3) is 6.06. The second-order valence-corrected chi connectivity index (χ2v) is 9.73. The highest BCUT2D eigenvalue weighted by atomic mass is 16.7. The Morgan fingerprint density at radius 3 is 2.63 bits per heavy atom. The fraction of sp³-hybridized carbons (Fsp3) is 0.481. The third-order valence-corrected chi connectivity index (χ3v) is 6.71. The molecule has 0 bridgehead atoms. The zero-order valence-corrected chi connectivity index (χ0v) is 21.2. The van der Waals surface area contributed by atoms with Gasteiger partial charge in [0.25, 0.3) is 0 Å². The number of ether oxygens (including phenoxy) is 2. The van der Waals surface area contributed by atoms with Gasteiger partial charge in [0.1, 0.15) is 0 Å². The number of aryl methyl sites for hydroxylation is 1. The molecule has 2 aliphatic rings. The minimum atomic E-state index is -0.543. The number of fused-ring (bicyclic) bond motifs is 1. The summed E-state index contributed by atoms with van der Waals surface area (Å²) in [4.78, 5) is 31.9. The first-order valence-corrected chi connectivity index (χ1v) is 12.2. The van der Waals surface area contributed by atoms with E-state index in [1.807, 2.05) is 51.3 Å². The molecule has 0 spiro atoms. The van der Waals surface area contributed by atoms with Crippen molar-refractivity contribution in [2.75, 3.05) is 47.6 Å². The number of aromatic nitrogens is 1. The molecule has 0 radical (unpaired) electrons. The van der Waals surface area contributed by atoms with Gasteiger partial charge in [0.15, 0.2) is 0 Å². The number of benzene rings is 1. The fourth-order valence-corrected chi connectivity index (χ4v) is 4.72. The van der Waals surface area contributed by atoms with Gasteiger partial charge in [-0.1, -0.05) is 17.7 Å². The largest absolute Gasteiger partial charge is 0.428 e. The van der Waals surface area contributed by atoms with E-state index in [1.165, 1.54) is 10.3 Å². The Bertz CT molecular complexity index is 1130. The quantitative estimate of drug-likeness (QED) is 0.439. The number of hydrogen-bond acceptors (Lipinski definition) is 7. The summed E-state index contributed by atoms with van der Waals surface area (Å²) in [6.07, 6.45) is 10.8. The van der Waals surface area contributed by atoms with Gasteiger partial charge in [-0.25, -0.2) is 4.79 Å². The molecule has 8 nitrogen and oxygen atoms in total. The highest BCUT2D eigenvalue weighted by Gasteiger charge is 2.27. The van der Waals surface area contributed by atoms with E-state index in [9.17, 15) is 9.59 Å². The normalized spacial score (nSPS) is 16.7. The van der Waals surface area contributed by atoms with Crippen LogP contribution < -0.4 is 0 Å². The predicted molar refractivity (Wildman–Crippen MR) is 136 cm³/mol. The number of nitrogens with zero attached hydrogens (tertiary/aromatic N) is 4. The molecular weight excluding hydrogens is 444 g/mol. The summed E-state index contributed by atoms with van der Waals surface area (Å²) in [7, 11) is 6.07. The van der Waals surface area contributed by atoms with Crippen molar-refractivity contribution in [1.82, 2.24) is 19.3 Å². The van der Waals surface area contributed by atoms with E-state index in [-0.39, 0.29) is 18.7 Å². The molecule has 1 saturated heterocycles. The number of piperidine rings is 1. The van der Waals surface area contributed by atoms with Crippen molar-refractivity contribution >= 4 is 23.0 Å². The van der Waals surface area contributed by atoms with Gasteiger partial charge in [-0.2, -0.15) is 0 Å². The summed E-state index contributed by atoms with van der Waals surface area (Å²) in [6.45, 7) is 4.17. The summed E-state index contributed by atoms with van der Waals surface area (Å²) in [6, 6.07) is 6.00. The van der Waals surface area contributed by atoms with E-state index in [0.29, 0.717) is 0 Å². The fourth-order valence-electron chi connectivity index (χ4n) is 4.72. The van der Waals surface area contributed by atoms with Crippen molar-refractivity contribution in [3.05, 3.63) is 59.7 Å². The molecule has 0 amide bonds. The molecule has 188 valence electrons. The number of carbonyl (C=O) groups excluding carboxylic acids is 2. The molecule has 0 atom stereocenters. The van der Waals surface area contributed by atoms with Gasteiger partial charge in [-0.15, -0.1) is 0 Å². The van der Waals surface area contributed by atoms with Crippen LogP contribution in [-0.4, -0.2) is 78.9 Å². The third-order valence-electron chi connectivity index (χ3n) is 6.71.